The van der Waals surface area contributed by atoms with Gasteiger partial charge in [0, 0.05) is 6.42 Å². The molecule has 6 rings (SSSR count). The van der Waals surface area contributed by atoms with Crippen molar-refractivity contribution < 1.29 is 38.6 Å². The lowest BCUT2D eigenvalue weighted by atomic mass is 9.94. The van der Waals surface area contributed by atoms with Crippen molar-refractivity contribution in [3.63, 3.8) is 0 Å². The van der Waals surface area contributed by atoms with Gasteiger partial charge in [0.15, 0.2) is 0 Å². The lowest BCUT2D eigenvalue weighted by Crippen LogP contribution is -2.81. The fraction of sp³-hybridized carbons (Fsp3) is 0.182. The molecule has 0 atom stereocenters. The van der Waals surface area contributed by atoms with Crippen molar-refractivity contribution >= 4 is 0 Å². The highest BCUT2D eigenvalue weighted by Gasteiger charge is 2.80. The first-order valence-electron chi connectivity index (χ1n) is 17.4. The van der Waals surface area contributed by atoms with E-state index >= 15 is 0 Å². The molecule has 0 aliphatic carbocycles. The van der Waals surface area contributed by atoms with E-state index < -0.39 is 17.5 Å². The smallest absolute Gasteiger partial charge is 0.445 e. The summed E-state index contributed by atoms with van der Waals surface area (Å²) in [5.41, 5.74) is 0. The van der Waals surface area contributed by atoms with E-state index in [1.165, 1.54) is 0 Å². The van der Waals surface area contributed by atoms with Crippen LogP contribution >= 0.6 is 0 Å². The quantitative estimate of drug-likeness (QED) is 0.0387. The molecule has 6 aromatic rings. The van der Waals surface area contributed by atoms with Crippen LogP contribution in [0, 0.1) is 0 Å². The van der Waals surface area contributed by atoms with Crippen molar-refractivity contribution in [3.05, 3.63) is 182 Å². The molecule has 0 amide bonds. The van der Waals surface area contributed by atoms with Crippen LogP contribution in [0.1, 0.15) is 32.6 Å². The molecular formula is C44H42O8. The van der Waals surface area contributed by atoms with Crippen LogP contribution in [0.5, 0.6) is 34.5 Å². The molecule has 0 radical (unpaired) electrons. The van der Waals surface area contributed by atoms with E-state index in [1.807, 2.05) is 84.9 Å². The van der Waals surface area contributed by atoms with Gasteiger partial charge in [0.05, 0.1) is 0 Å². The molecule has 52 heavy (non-hydrogen) atoms. The van der Waals surface area contributed by atoms with Crippen molar-refractivity contribution in [2.45, 2.75) is 50.2 Å². The minimum atomic E-state index is -2.73. The Morgan fingerprint density at radius 3 is 0.962 bits per heavy atom. The van der Waals surface area contributed by atoms with Gasteiger partial charge in [0.2, 0.25) is 0 Å². The number of unbranched alkanes of at least 4 members (excludes halogenated alkanes) is 2. The summed E-state index contributed by atoms with van der Waals surface area (Å²) >= 11 is 0. The molecule has 0 bridgehead atoms. The minimum Gasteiger partial charge on any atom is -0.445 e. The van der Waals surface area contributed by atoms with Crippen LogP contribution in [0.15, 0.2) is 182 Å². The van der Waals surface area contributed by atoms with Crippen LogP contribution in [-0.2, 0) is 4.89 Å². The van der Waals surface area contributed by atoms with Crippen LogP contribution in [0.4, 0.5) is 0 Å². The first-order valence-corrected chi connectivity index (χ1v) is 17.4. The summed E-state index contributed by atoms with van der Waals surface area (Å²) in [5.74, 6) is -5.33. The Hall–Kier alpha value is -5.96. The number of hydrogen-bond donors (Lipinski definition) is 1. The highest BCUT2D eigenvalue weighted by atomic mass is 17.2. The predicted octanol–water partition coefficient (Wildman–Crippen LogP) is 10.6. The third-order valence-electron chi connectivity index (χ3n) is 8.19. The molecule has 0 unspecified atom stereocenters. The summed E-state index contributed by atoms with van der Waals surface area (Å²) in [4.78, 5) is 5.59. The third-order valence-corrected chi connectivity index (χ3v) is 8.19. The molecule has 0 fully saturated rings. The molecule has 0 heterocycles. The molecular weight excluding hydrogens is 656 g/mol. The molecule has 266 valence electrons. The molecule has 8 nitrogen and oxygen atoms in total. The summed E-state index contributed by atoms with van der Waals surface area (Å²) in [6.45, 7) is 2.10. The largest absolute Gasteiger partial charge is 0.489 e. The molecule has 1 N–H and O–H groups in total. The van der Waals surface area contributed by atoms with Crippen molar-refractivity contribution in [1.29, 1.82) is 0 Å². The average Bonchev–Trinajstić information content (AvgIpc) is 3.19. The van der Waals surface area contributed by atoms with E-state index in [4.69, 9.17) is 33.3 Å². The Morgan fingerprint density at radius 2 is 0.673 bits per heavy atom. The maximum Gasteiger partial charge on any atom is 0.489 e. The number of ether oxygens (including phenoxy) is 6. The second kappa shape index (κ2) is 17.3. The van der Waals surface area contributed by atoms with Crippen molar-refractivity contribution in [3.8, 4) is 34.5 Å². The van der Waals surface area contributed by atoms with Crippen molar-refractivity contribution in [2.75, 3.05) is 0 Å². The maximum absolute atomic E-state index is 11.5. The second-order valence-electron chi connectivity index (χ2n) is 12.0. The van der Waals surface area contributed by atoms with E-state index in [0.29, 0.717) is 29.4 Å². The monoisotopic (exact) mass is 698 g/mol. The van der Waals surface area contributed by atoms with E-state index in [2.05, 4.69) is 6.92 Å². The topological polar surface area (TPSA) is 84.8 Å². The summed E-state index contributed by atoms with van der Waals surface area (Å²) in [5, 5.41) is 11.5. The van der Waals surface area contributed by atoms with Gasteiger partial charge in [-0.15, -0.1) is 4.89 Å². The fourth-order valence-electron chi connectivity index (χ4n) is 5.77. The first kappa shape index (κ1) is 35.9. The fourth-order valence-corrected chi connectivity index (χ4v) is 5.77. The molecule has 0 aliphatic rings. The van der Waals surface area contributed by atoms with Gasteiger partial charge in [-0.05, 0) is 79.2 Å². The SMILES string of the molecule is CCCCCC(Oc1ccccc1)(Oc1ccccc1)C(Oc1ccccc1)(Oc1ccccc1)C(OO)(Oc1ccccc1)Oc1ccccc1. The van der Waals surface area contributed by atoms with Gasteiger partial charge in [-0.3, -0.25) is 0 Å². The van der Waals surface area contributed by atoms with Gasteiger partial charge in [-0.25, -0.2) is 5.26 Å². The lowest BCUT2D eigenvalue weighted by Gasteiger charge is -2.52. The Morgan fingerprint density at radius 1 is 0.385 bits per heavy atom. The maximum atomic E-state index is 11.5. The van der Waals surface area contributed by atoms with Crippen LogP contribution in [0.3, 0.4) is 0 Å². The third kappa shape index (κ3) is 8.32. The predicted molar refractivity (Wildman–Crippen MR) is 198 cm³/mol. The second-order valence-corrected chi connectivity index (χ2v) is 12.0. The van der Waals surface area contributed by atoms with Gasteiger partial charge in [0.1, 0.15) is 34.5 Å². The van der Waals surface area contributed by atoms with Gasteiger partial charge in [-0.1, -0.05) is 129 Å². The van der Waals surface area contributed by atoms with Gasteiger partial charge < -0.3 is 28.4 Å². The molecule has 0 aromatic heterocycles. The van der Waals surface area contributed by atoms with Crippen molar-refractivity contribution in [2.24, 2.45) is 0 Å². The number of benzene rings is 6. The van der Waals surface area contributed by atoms with Crippen LogP contribution < -0.4 is 28.4 Å². The normalized spacial score (nSPS) is 11.7. The van der Waals surface area contributed by atoms with Gasteiger partial charge >= 0.3 is 17.5 Å². The molecule has 0 aliphatic heterocycles. The minimum absolute atomic E-state index is 0.131. The lowest BCUT2D eigenvalue weighted by molar-refractivity contribution is -0.538. The summed E-state index contributed by atoms with van der Waals surface area (Å²) < 4.78 is 42.0. The van der Waals surface area contributed by atoms with Gasteiger partial charge in [0.25, 0.3) is 0 Å². The van der Waals surface area contributed by atoms with Gasteiger partial charge in [-0.2, -0.15) is 0 Å². The Labute approximate surface area is 304 Å². The number of para-hydroxylation sites is 6. The van der Waals surface area contributed by atoms with E-state index in [0.717, 1.165) is 12.8 Å². The summed E-state index contributed by atoms with van der Waals surface area (Å²) in [6, 6.07) is 54.0. The molecule has 0 saturated carbocycles. The highest BCUT2D eigenvalue weighted by molar-refractivity contribution is 5.33. The first-order chi connectivity index (χ1) is 25.6. The Balaban J connectivity index is 1.74. The Bertz CT molecular complexity index is 1750. The molecule has 0 saturated heterocycles. The number of rotatable bonds is 19. The zero-order valence-electron chi connectivity index (χ0n) is 29.0. The molecule has 0 spiro atoms. The molecule has 6 aromatic carbocycles. The Kier molecular flexibility index (Phi) is 11.9. The van der Waals surface area contributed by atoms with E-state index in [1.54, 1.807) is 97.1 Å². The summed E-state index contributed by atoms with van der Waals surface area (Å²) in [6.07, 6.45) is 2.36. The van der Waals surface area contributed by atoms with E-state index in [-0.39, 0.29) is 17.9 Å². The van der Waals surface area contributed by atoms with Crippen molar-refractivity contribution in [1.82, 2.24) is 0 Å². The van der Waals surface area contributed by atoms with Crippen LogP contribution in [-0.4, -0.2) is 22.8 Å². The number of hydrogen-bond acceptors (Lipinski definition) is 8. The average molecular weight is 699 g/mol. The van der Waals surface area contributed by atoms with Crippen LogP contribution in [0.25, 0.3) is 0 Å². The van der Waals surface area contributed by atoms with Crippen LogP contribution in [0.2, 0.25) is 0 Å². The summed E-state index contributed by atoms with van der Waals surface area (Å²) in [7, 11) is 0. The van der Waals surface area contributed by atoms with E-state index in [9.17, 15) is 5.26 Å². The zero-order valence-corrected chi connectivity index (χ0v) is 29.0. The highest BCUT2D eigenvalue weighted by Crippen LogP contribution is 2.49. The molecule has 8 heteroatoms. The standard InChI is InChI=1S/C44H42O8/c1-2-3-22-35-42(46-36-23-10-4-11-24-36,47-37-25-12-5-13-26-37)43(48-38-27-14-6-15-28-38,49-39-29-16-7-17-30-39)44(52-45,50-40-31-18-8-19-32-40)51-41-33-20-9-21-34-41/h4-21,23-34,45H,2-3,22,35H2,1H3. The zero-order chi connectivity index (χ0) is 36.0.